The molecular formula is C18H27N3O2S. The van der Waals surface area contributed by atoms with Crippen molar-refractivity contribution < 1.29 is 9.59 Å². The van der Waals surface area contributed by atoms with Crippen LogP contribution < -0.4 is 10.6 Å². The van der Waals surface area contributed by atoms with Crippen molar-refractivity contribution in [3.8, 4) is 0 Å². The molecule has 1 aromatic heterocycles. The Kier molecular flexibility index (Phi) is 4.97. The molecule has 0 spiro atoms. The molecule has 0 saturated heterocycles. The van der Waals surface area contributed by atoms with Gasteiger partial charge in [-0.3, -0.25) is 14.5 Å². The molecule has 2 aliphatic carbocycles. The number of thiophene rings is 1. The van der Waals surface area contributed by atoms with Crippen molar-refractivity contribution in [2.75, 3.05) is 18.9 Å². The normalized spacial score (nSPS) is 18.5. The van der Waals surface area contributed by atoms with Crippen LogP contribution in [0.15, 0.2) is 0 Å². The maximum atomic E-state index is 12.7. The minimum absolute atomic E-state index is 0.0483. The molecule has 132 valence electrons. The van der Waals surface area contributed by atoms with E-state index in [-0.39, 0.29) is 17.7 Å². The summed E-state index contributed by atoms with van der Waals surface area (Å²) in [5.41, 5.74) is 1.60. The Morgan fingerprint density at radius 1 is 1.25 bits per heavy atom. The maximum absolute atomic E-state index is 12.7. The van der Waals surface area contributed by atoms with Crippen molar-refractivity contribution in [2.24, 2.45) is 5.92 Å². The fourth-order valence-corrected chi connectivity index (χ4v) is 3.92. The van der Waals surface area contributed by atoms with Crippen molar-refractivity contribution >= 4 is 28.2 Å². The summed E-state index contributed by atoms with van der Waals surface area (Å²) in [5.74, 6) is 0.0990. The molecular weight excluding hydrogens is 322 g/mol. The van der Waals surface area contributed by atoms with Gasteiger partial charge in [-0.2, -0.15) is 0 Å². The Balaban J connectivity index is 1.65. The molecule has 1 unspecified atom stereocenters. The number of hydrogen-bond acceptors (Lipinski definition) is 4. The maximum Gasteiger partial charge on any atom is 0.254 e. The number of aryl methyl sites for hydroxylation is 1. The molecule has 0 bridgehead atoms. The minimum Gasteiger partial charge on any atom is -0.350 e. The van der Waals surface area contributed by atoms with Gasteiger partial charge in [0.1, 0.15) is 5.00 Å². The predicted octanol–water partition coefficient (Wildman–Crippen LogP) is 2.93. The molecule has 2 N–H and O–H groups in total. The van der Waals surface area contributed by atoms with Crippen LogP contribution in [-0.2, 0) is 4.79 Å². The molecule has 24 heavy (non-hydrogen) atoms. The molecule has 1 atom stereocenters. The van der Waals surface area contributed by atoms with Gasteiger partial charge in [-0.15, -0.1) is 11.3 Å². The zero-order valence-electron chi connectivity index (χ0n) is 14.9. The quantitative estimate of drug-likeness (QED) is 0.796. The van der Waals surface area contributed by atoms with Gasteiger partial charge in [0.2, 0.25) is 5.91 Å². The molecule has 0 radical (unpaired) electrons. The van der Waals surface area contributed by atoms with Crippen molar-refractivity contribution in [1.29, 1.82) is 0 Å². The molecule has 0 aliphatic heterocycles. The van der Waals surface area contributed by atoms with Crippen molar-refractivity contribution in [2.45, 2.75) is 58.5 Å². The first kappa shape index (κ1) is 17.4. The van der Waals surface area contributed by atoms with Gasteiger partial charge in [-0.05, 0) is 59.1 Å². The van der Waals surface area contributed by atoms with Crippen LogP contribution in [0.2, 0.25) is 0 Å². The highest BCUT2D eigenvalue weighted by molar-refractivity contribution is 7.16. The van der Waals surface area contributed by atoms with Gasteiger partial charge in [-0.1, -0.05) is 0 Å². The summed E-state index contributed by atoms with van der Waals surface area (Å²) >= 11 is 1.50. The number of hydrogen-bond donors (Lipinski definition) is 2. The Labute approximate surface area is 147 Å². The van der Waals surface area contributed by atoms with Crippen LogP contribution in [0.5, 0.6) is 0 Å². The highest BCUT2D eigenvalue weighted by Gasteiger charge is 2.32. The summed E-state index contributed by atoms with van der Waals surface area (Å²) in [5, 5.41) is 6.71. The molecule has 1 heterocycles. The lowest BCUT2D eigenvalue weighted by atomic mass is 10.1. The second kappa shape index (κ2) is 6.84. The largest absolute Gasteiger partial charge is 0.350 e. The van der Waals surface area contributed by atoms with E-state index in [0.29, 0.717) is 29.2 Å². The lowest BCUT2D eigenvalue weighted by Crippen LogP contribution is -2.41. The molecule has 1 aromatic rings. The highest BCUT2D eigenvalue weighted by atomic mass is 32.1. The van der Waals surface area contributed by atoms with Gasteiger partial charge in [0.25, 0.3) is 5.91 Å². The fraction of sp³-hybridized carbons (Fsp3) is 0.667. The summed E-state index contributed by atoms with van der Waals surface area (Å²) in [7, 11) is 2.12. The van der Waals surface area contributed by atoms with E-state index in [4.69, 9.17) is 0 Å². The van der Waals surface area contributed by atoms with E-state index in [1.807, 2.05) is 13.8 Å². The Hall–Kier alpha value is -1.40. The highest BCUT2D eigenvalue weighted by Crippen LogP contribution is 2.35. The number of rotatable bonds is 7. The molecule has 3 rings (SSSR count). The number of carbonyl (C=O) groups is 2. The van der Waals surface area contributed by atoms with Crippen LogP contribution in [0.4, 0.5) is 5.00 Å². The molecule has 5 nitrogen and oxygen atoms in total. The smallest absolute Gasteiger partial charge is 0.254 e. The van der Waals surface area contributed by atoms with E-state index >= 15 is 0 Å². The third-order valence-electron chi connectivity index (χ3n) is 5.17. The van der Waals surface area contributed by atoms with Crippen molar-refractivity contribution in [3.63, 3.8) is 0 Å². The fourth-order valence-electron chi connectivity index (χ4n) is 2.86. The van der Waals surface area contributed by atoms with Gasteiger partial charge >= 0.3 is 0 Å². The summed E-state index contributed by atoms with van der Waals surface area (Å²) < 4.78 is 0. The van der Waals surface area contributed by atoms with Crippen LogP contribution in [0.25, 0.3) is 0 Å². The van der Waals surface area contributed by atoms with Crippen LogP contribution in [0.1, 0.15) is 53.4 Å². The lowest BCUT2D eigenvalue weighted by molar-refractivity contribution is -0.117. The zero-order chi connectivity index (χ0) is 17.4. The van der Waals surface area contributed by atoms with Crippen LogP contribution >= 0.6 is 11.3 Å². The molecule has 0 aromatic carbocycles. The zero-order valence-corrected chi connectivity index (χ0v) is 15.8. The Morgan fingerprint density at radius 2 is 1.92 bits per heavy atom. The van der Waals surface area contributed by atoms with Gasteiger partial charge in [0.05, 0.1) is 5.56 Å². The summed E-state index contributed by atoms with van der Waals surface area (Å²) in [6.07, 6.45) is 4.44. The first-order valence-electron chi connectivity index (χ1n) is 8.79. The van der Waals surface area contributed by atoms with Gasteiger partial charge in [0.15, 0.2) is 0 Å². The van der Waals surface area contributed by atoms with Gasteiger partial charge < -0.3 is 10.6 Å². The van der Waals surface area contributed by atoms with E-state index < -0.39 is 0 Å². The Morgan fingerprint density at radius 3 is 2.50 bits per heavy atom. The third-order valence-corrected chi connectivity index (χ3v) is 6.30. The summed E-state index contributed by atoms with van der Waals surface area (Å²) in [4.78, 5) is 28.2. The number of nitrogens with zero attached hydrogens (tertiary/aromatic N) is 1. The first-order chi connectivity index (χ1) is 11.4. The Bertz CT molecular complexity index is 647. The van der Waals surface area contributed by atoms with Gasteiger partial charge in [0, 0.05) is 29.4 Å². The molecule has 2 fully saturated rings. The van der Waals surface area contributed by atoms with Crippen molar-refractivity contribution in [3.05, 3.63) is 16.0 Å². The van der Waals surface area contributed by atoms with Gasteiger partial charge in [-0.25, -0.2) is 0 Å². The van der Waals surface area contributed by atoms with Crippen molar-refractivity contribution in [1.82, 2.24) is 10.2 Å². The first-order valence-corrected chi connectivity index (χ1v) is 9.61. The number of anilines is 1. The van der Waals surface area contributed by atoms with Crippen LogP contribution in [-0.4, -0.2) is 42.4 Å². The van der Waals surface area contributed by atoms with Crippen LogP contribution in [0, 0.1) is 19.8 Å². The second-order valence-corrected chi connectivity index (χ2v) is 8.43. The predicted molar refractivity (Wildman–Crippen MR) is 97.7 cm³/mol. The molecule has 6 heteroatoms. The number of likely N-dealkylation sites (N-methyl/N-ethyl adjacent to an activating group) is 1. The average Bonchev–Trinajstić information content (AvgIpc) is 3.43. The number of amides is 2. The van der Waals surface area contributed by atoms with E-state index in [0.717, 1.165) is 23.3 Å². The van der Waals surface area contributed by atoms with E-state index in [2.05, 4.69) is 29.5 Å². The monoisotopic (exact) mass is 349 g/mol. The SMILES string of the molecule is Cc1sc(NC(=O)C2CC2)c(C(=O)NCC(C)N(C)C2CC2)c1C. The summed E-state index contributed by atoms with van der Waals surface area (Å²) in [6, 6.07) is 0.987. The van der Waals surface area contributed by atoms with Crippen LogP contribution in [0.3, 0.4) is 0 Å². The molecule has 2 amide bonds. The summed E-state index contributed by atoms with van der Waals surface area (Å²) in [6.45, 7) is 6.70. The molecule has 2 aliphatic rings. The minimum atomic E-state index is -0.0843. The van der Waals surface area contributed by atoms with E-state index in [1.54, 1.807) is 0 Å². The average molecular weight is 350 g/mol. The van der Waals surface area contributed by atoms with E-state index in [9.17, 15) is 9.59 Å². The molecule has 2 saturated carbocycles. The standard InChI is InChI=1S/C18H27N3O2S/c1-10(21(4)14-7-8-14)9-19-17(23)15-11(2)12(3)24-18(15)20-16(22)13-5-6-13/h10,13-14H,5-9H2,1-4H3,(H,19,23)(H,20,22). The van der Waals surface area contributed by atoms with E-state index in [1.165, 1.54) is 24.2 Å². The lowest BCUT2D eigenvalue weighted by Gasteiger charge is -2.24. The second-order valence-electron chi connectivity index (χ2n) is 7.21. The third kappa shape index (κ3) is 3.81. The number of carbonyl (C=O) groups excluding carboxylic acids is 2. The number of nitrogens with one attached hydrogen (secondary N) is 2. The topological polar surface area (TPSA) is 61.4 Å².